The molecule has 1 heterocycles. The number of pyridine rings is 1. The zero-order valence-corrected chi connectivity index (χ0v) is 14.8. The maximum Gasteiger partial charge on any atom is 0.309 e. The van der Waals surface area contributed by atoms with Crippen LogP contribution in [-0.2, 0) is 16.1 Å². The van der Waals surface area contributed by atoms with Crippen molar-refractivity contribution < 1.29 is 9.59 Å². The van der Waals surface area contributed by atoms with Gasteiger partial charge in [0.2, 0.25) is 0 Å². The van der Waals surface area contributed by atoms with E-state index in [2.05, 4.69) is 22.5 Å². The Kier molecular flexibility index (Phi) is 4.26. The molecule has 1 aromatic rings. The maximum atomic E-state index is 12.3. The molecule has 2 N–H and O–H groups in total. The average molecular weight is 341 g/mol. The summed E-state index contributed by atoms with van der Waals surface area (Å²) >= 11 is 0. The van der Waals surface area contributed by atoms with E-state index in [0.717, 1.165) is 23.3 Å². The fraction of sp³-hybridized carbons (Fsp3) is 0.650. The van der Waals surface area contributed by atoms with E-state index < -0.39 is 11.8 Å². The lowest BCUT2D eigenvalue weighted by Gasteiger charge is -2.59. The van der Waals surface area contributed by atoms with Gasteiger partial charge in [-0.15, -0.1) is 0 Å². The molecule has 2 amide bonds. The minimum Gasteiger partial charge on any atom is -0.345 e. The summed E-state index contributed by atoms with van der Waals surface area (Å²) in [6.45, 7) is 2.42. The number of aromatic nitrogens is 1. The van der Waals surface area contributed by atoms with Crippen LogP contribution in [0.1, 0.15) is 51.0 Å². The van der Waals surface area contributed by atoms with E-state index in [1.165, 1.54) is 38.5 Å². The number of carbonyl (C=O) groups is 2. The van der Waals surface area contributed by atoms with Gasteiger partial charge in [0.05, 0.1) is 0 Å². The van der Waals surface area contributed by atoms with Crippen LogP contribution in [-0.4, -0.2) is 22.8 Å². The van der Waals surface area contributed by atoms with Gasteiger partial charge in [0.15, 0.2) is 0 Å². The van der Waals surface area contributed by atoms with E-state index in [4.69, 9.17) is 0 Å². The van der Waals surface area contributed by atoms with Crippen molar-refractivity contribution in [2.45, 2.75) is 58.0 Å². The largest absolute Gasteiger partial charge is 0.345 e. The normalized spacial score (nSPS) is 33.7. The number of nitrogens with one attached hydrogen (secondary N) is 2. The van der Waals surface area contributed by atoms with Crippen LogP contribution >= 0.6 is 0 Å². The molecule has 5 heteroatoms. The molecule has 0 aromatic carbocycles. The van der Waals surface area contributed by atoms with Gasteiger partial charge in [-0.25, -0.2) is 0 Å². The van der Waals surface area contributed by atoms with E-state index in [1.807, 2.05) is 12.1 Å². The number of nitrogens with zero attached hydrogens (tertiary/aromatic N) is 1. The monoisotopic (exact) mass is 341 g/mol. The van der Waals surface area contributed by atoms with Crippen molar-refractivity contribution >= 4 is 11.8 Å². The van der Waals surface area contributed by atoms with Crippen LogP contribution in [0.25, 0.3) is 0 Å². The highest BCUT2D eigenvalue weighted by atomic mass is 16.2. The summed E-state index contributed by atoms with van der Waals surface area (Å²) in [5, 5.41) is 5.69. The SMILES string of the molecule is CC(NC(=O)C(=O)NCc1cccnc1)C12CC3CC(CC(C3)C1)C2. The molecule has 5 rings (SSSR count). The molecule has 134 valence electrons. The fourth-order valence-electron chi connectivity index (χ4n) is 5.89. The average Bonchev–Trinajstić information content (AvgIpc) is 2.59. The summed E-state index contributed by atoms with van der Waals surface area (Å²) in [5.74, 6) is 1.45. The number of carbonyl (C=O) groups excluding carboxylic acids is 2. The Labute approximate surface area is 149 Å². The first-order valence-corrected chi connectivity index (χ1v) is 9.52. The highest BCUT2D eigenvalue weighted by Gasteiger charge is 2.53. The van der Waals surface area contributed by atoms with Gasteiger partial charge in [0.1, 0.15) is 0 Å². The molecule has 4 saturated carbocycles. The summed E-state index contributed by atoms with van der Waals surface area (Å²) in [4.78, 5) is 28.5. The first-order chi connectivity index (χ1) is 12.0. The van der Waals surface area contributed by atoms with Gasteiger partial charge >= 0.3 is 11.8 Å². The minimum atomic E-state index is -0.555. The Bertz CT molecular complexity index is 623. The van der Waals surface area contributed by atoms with E-state index in [1.54, 1.807) is 12.4 Å². The summed E-state index contributed by atoms with van der Waals surface area (Å²) in [6, 6.07) is 3.76. The molecule has 1 atom stereocenters. The van der Waals surface area contributed by atoms with E-state index >= 15 is 0 Å². The zero-order chi connectivity index (χ0) is 17.4. The van der Waals surface area contributed by atoms with Crippen molar-refractivity contribution in [2.24, 2.45) is 23.2 Å². The fourth-order valence-corrected chi connectivity index (χ4v) is 5.89. The predicted molar refractivity (Wildman–Crippen MR) is 94.3 cm³/mol. The van der Waals surface area contributed by atoms with Gasteiger partial charge in [-0.1, -0.05) is 6.07 Å². The first-order valence-electron chi connectivity index (χ1n) is 9.52. The highest BCUT2D eigenvalue weighted by molar-refractivity contribution is 6.35. The second-order valence-corrected chi connectivity index (χ2v) is 8.52. The van der Waals surface area contributed by atoms with Crippen LogP contribution in [0.3, 0.4) is 0 Å². The van der Waals surface area contributed by atoms with Crippen molar-refractivity contribution in [3.05, 3.63) is 30.1 Å². The molecular formula is C20H27N3O2. The number of amides is 2. The van der Waals surface area contributed by atoms with Crippen LogP contribution in [0, 0.1) is 23.2 Å². The number of rotatable bonds is 4. The van der Waals surface area contributed by atoms with Crippen LogP contribution in [0.15, 0.2) is 24.5 Å². The summed E-state index contributed by atoms with van der Waals surface area (Å²) in [7, 11) is 0. The quantitative estimate of drug-likeness (QED) is 0.826. The van der Waals surface area contributed by atoms with E-state index in [9.17, 15) is 9.59 Å². The Balaban J connectivity index is 1.33. The molecule has 0 spiro atoms. The van der Waals surface area contributed by atoms with Gasteiger partial charge in [-0.2, -0.15) is 0 Å². The van der Waals surface area contributed by atoms with Crippen LogP contribution in [0.2, 0.25) is 0 Å². The summed E-state index contributed by atoms with van der Waals surface area (Å²) in [5.41, 5.74) is 1.10. The van der Waals surface area contributed by atoms with Gasteiger partial charge in [-0.05, 0) is 80.2 Å². The molecule has 0 aliphatic heterocycles. The van der Waals surface area contributed by atoms with Crippen molar-refractivity contribution in [3.8, 4) is 0 Å². The first kappa shape index (κ1) is 16.6. The second-order valence-electron chi connectivity index (χ2n) is 8.52. The zero-order valence-electron chi connectivity index (χ0n) is 14.8. The van der Waals surface area contributed by atoms with Crippen molar-refractivity contribution in [3.63, 3.8) is 0 Å². The van der Waals surface area contributed by atoms with Crippen molar-refractivity contribution in [1.82, 2.24) is 15.6 Å². The topological polar surface area (TPSA) is 71.1 Å². The minimum absolute atomic E-state index is 0.0672. The molecular weight excluding hydrogens is 314 g/mol. The molecule has 1 aromatic heterocycles. The molecule has 4 bridgehead atoms. The highest BCUT2D eigenvalue weighted by Crippen LogP contribution is 2.61. The second kappa shape index (κ2) is 6.43. The molecule has 5 nitrogen and oxygen atoms in total. The Hall–Kier alpha value is -1.91. The third-order valence-corrected chi connectivity index (χ3v) is 6.73. The van der Waals surface area contributed by atoms with Gasteiger partial charge in [0.25, 0.3) is 0 Å². The molecule has 4 aliphatic carbocycles. The van der Waals surface area contributed by atoms with Crippen LogP contribution < -0.4 is 10.6 Å². The lowest BCUT2D eigenvalue weighted by molar-refractivity contribution is -0.141. The number of hydrogen-bond donors (Lipinski definition) is 2. The molecule has 4 aliphatic rings. The Morgan fingerprint density at radius 2 is 1.80 bits per heavy atom. The molecule has 0 radical (unpaired) electrons. The van der Waals surface area contributed by atoms with Crippen LogP contribution in [0.4, 0.5) is 0 Å². The van der Waals surface area contributed by atoms with Gasteiger partial charge < -0.3 is 10.6 Å². The van der Waals surface area contributed by atoms with Gasteiger partial charge in [-0.3, -0.25) is 14.6 Å². The van der Waals surface area contributed by atoms with Crippen molar-refractivity contribution in [1.29, 1.82) is 0 Å². The standard InChI is InChI=1S/C20H27N3O2/c1-13(20-8-15-5-16(9-20)7-17(6-15)10-20)23-19(25)18(24)22-12-14-3-2-4-21-11-14/h2-4,11,13,15-17H,5-10,12H2,1H3,(H,22,24)(H,23,25). The van der Waals surface area contributed by atoms with E-state index in [-0.39, 0.29) is 11.5 Å². The predicted octanol–water partition coefficient (Wildman–Crippen LogP) is 2.42. The Morgan fingerprint density at radius 3 is 2.36 bits per heavy atom. The molecule has 0 saturated heterocycles. The van der Waals surface area contributed by atoms with Crippen LogP contribution in [0.5, 0.6) is 0 Å². The Morgan fingerprint density at radius 1 is 1.16 bits per heavy atom. The third kappa shape index (κ3) is 3.29. The lowest BCUT2D eigenvalue weighted by atomic mass is 9.48. The van der Waals surface area contributed by atoms with Gasteiger partial charge in [0, 0.05) is 25.0 Å². The van der Waals surface area contributed by atoms with E-state index in [0.29, 0.717) is 6.54 Å². The maximum absolute atomic E-state index is 12.3. The molecule has 25 heavy (non-hydrogen) atoms. The number of hydrogen-bond acceptors (Lipinski definition) is 3. The third-order valence-electron chi connectivity index (χ3n) is 6.73. The lowest BCUT2D eigenvalue weighted by Crippen LogP contribution is -2.57. The van der Waals surface area contributed by atoms with Crippen molar-refractivity contribution in [2.75, 3.05) is 0 Å². The summed E-state index contributed by atoms with van der Waals surface area (Å²) in [6.07, 6.45) is 11.2. The molecule has 4 fully saturated rings. The molecule has 1 unspecified atom stereocenters. The smallest absolute Gasteiger partial charge is 0.309 e. The summed E-state index contributed by atoms with van der Waals surface area (Å²) < 4.78 is 0.